The van der Waals surface area contributed by atoms with Crippen LogP contribution in [0.4, 0.5) is 5.69 Å². The molecule has 3 aromatic heterocycles. The molecule has 5 heteroatoms. The van der Waals surface area contributed by atoms with Gasteiger partial charge in [-0.3, -0.25) is 9.98 Å². The van der Waals surface area contributed by atoms with Gasteiger partial charge in [0.15, 0.2) is 0 Å². The second kappa shape index (κ2) is 10.8. The lowest BCUT2D eigenvalue weighted by atomic mass is 9.92. The van der Waals surface area contributed by atoms with Crippen molar-refractivity contribution in [2.24, 2.45) is 12.0 Å². The van der Waals surface area contributed by atoms with E-state index in [2.05, 4.69) is 94.7 Å². The van der Waals surface area contributed by atoms with E-state index in [9.17, 15) is 0 Å². The zero-order valence-corrected chi connectivity index (χ0v) is 23.3. The Morgan fingerprint density at radius 2 is 1.57 bits per heavy atom. The first-order valence-electron chi connectivity index (χ1n) is 14.9. The van der Waals surface area contributed by atoms with Crippen LogP contribution in [0.3, 0.4) is 0 Å². The molecule has 0 fully saturated rings. The van der Waals surface area contributed by atoms with Gasteiger partial charge in [-0.25, -0.2) is 0 Å². The van der Waals surface area contributed by atoms with E-state index in [1.807, 2.05) is 0 Å². The molecular formula is C35H37N5. The van der Waals surface area contributed by atoms with Gasteiger partial charge in [0.2, 0.25) is 0 Å². The van der Waals surface area contributed by atoms with E-state index in [1.165, 1.54) is 76.1 Å². The summed E-state index contributed by atoms with van der Waals surface area (Å²) in [4.78, 5) is 13.8. The first kappa shape index (κ1) is 24.9. The number of aromatic nitrogens is 3. The van der Waals surface area contributed by atoms with Crippen LogP contribution < -0.4 is 10.7 Å². The van der Waals surface area contributed by atoms with Crippen LogP contribution in [0.2, 0.25) is 0 Å². The predicted octanol–water partition coefficient (Wildman–Crippen LogP) is 7.81. The zero-order chi connectivity index (χ0) is 26.9. The molecule has 1 aliphatic rings. The van der Waals surface area contributed by atoms with Crippen LogP contribution in [-0.4, -0.2) is 27.6 Å². The largest absolute Gasteiger partial charge is 0.384 e. The molecule has 0 atom stereocenters. The molecule has 0 bridgehead atoms. The fraction of sp³-hybridized carbons (Fsp3) is 0.314. The Balaban J connectivity index is 1.04. The van der Waals surface area contributed by atoms with Gasteiger partial charge < -0.3 is 14.9 Å². The molecule has 3 heterocycles. The topological polar surface area (TPSA) is 58.0 Å². The van der Waals surface area contributed by atoms with Crippen molar-refractivity contribution >= 4 is 49.4 Å². The normalized spacial score (nSPS) is 14.0. The summed E-state index contributed by atoms with van der Waals surface area (Å²) in [5.41, 5.74) is 8.72. The monoisotopic (exact) mass is 527 g/mol. The first-order valence-corrected chi connectivity index (χ1v) is 14.9. The fourth-order valence-electron chi connectivity index (χ4n) is 6.57. The smallest absolute Gasteiger partial charge is 0.120 e. The molecule has 0 unspecified atom stereocenters. The van der Waals surface area contributed by atoms with Crippen LogP contribution in [0.15, 0.2) is 77.8 Å². The van der Waals surface area contributed by atoms with Crippen molar-refractivity contribution in [3.63, 3.8) is 0 Å². The summed E-state index contributed by atoms with van der Waals surface area (Å²) in [7, 11) is 2.14. The molecular weight excluding hydrogens is 490 g/mol. The second-order valence-electron chi connectivity index (χ2n) is 11.2. The van der Waals surface area contributed by atoms with Crippen LogP contribution in [-0.2, 0) is 19.9 Å². The number of rotatable bonds is 8. The maximum Gasteiger partial charge on any atom is 0.120 e. The van der Waals surface area contributed by atoms with E-state index >= 15 is 0 Å². The molecule has 6 aromatic rings. The third kappa shape index (κ3) is 4.43. The Morgan fingerprint density at radius 3 is 2.50 bits per heavy atom. The standard InChI is InChI=1S/C35H37N5/c1-40-31-21-11-7-17-27(31)34(32-24-14-4-8-18-28(24)39-35(32)40)37-23-13-3-2-12-22-36-33-25-15-5-9-19-29(25)38-30-20-10-6-16-26(30)33/h4-5,7-9,11,14-15,17-19,21,39H,2-3,6,10,12-13,16,20,22-23H2,1H3,(H,36,38). The number of benzene rings is 3. The average molecular weight is 528 g/mol. The molecule has 2 N–H and O–H groups in total. The summed E-state index contributed by atoms with van der Waals surface area (Å²) in [5.74, 6) is 0. The number of nitrogens with zero attached hydrogens (tertiary/aromatic N) is 3. The summed E-state index contributed by atoms with van der Waals surface area (Å²) in [6.07, 6.45) is 9.45. The van der Waals surface area contributed by atoms with Crippen LogP contribution in [0.25, 0.3) is 43.7 Å². The SMILES string of the molecule is Cn1c2ccccc2c(=NCCCCCCNc2c3c(nc4ccccc24)CCCC3)c2c3ccccc3[nH]c21. The number of aryl methyl sites for hydroxylation is 2. The number of unbranched alkanes of at least 4 members (excludes halogenated alkanes) is 3. The van der Waals surface area contributed by atoms with E-state index in [-0.39, 0.29) is 0 Å². The summed E-state index contributed by atoms with van der Waals surface area (Å²) in [6, 6.07) is 25.8. The van der Waals surface area contributed by atoms with Crippen molar-refractivity contribution in [2.75, 3.05) is 18.4 Å². The molecule has 3 aromatic carbocycles. The molecule has 0 saturated heterocycles. The van der Waals surface area contributed by atoms with E-state index in [0.717, 1.165) is 54.4 Å². The number of anilines is 1. The van der Waals surface area contributed by atoms with Crippen LogP contribution in [0, 0.1) is 0 Å². The van der Waals surface area contributed by atoms with Crippen molar-refractivity contribution in [3.05, 3.63) is 89.4 Å². The minimum Gasteiger partial charge on any atom is -0.384 e. The Kier molecular flexibility index (Phi) is 6.72. The zero-order valence-electron chi connectivity index (χ0n) is 23.3. The van der Waals surface area contributed by atoms with E-state index in [0.29, 0.717) is 0 Å². The summed E-state index contributed by atoms with van der Waals surface area (Å²) >= 11 is 0. The highest BCUT2D eigenvalue weighted by Gasteiger charge is 2.18. The number of para-hydroxylation sites is 3. The van der Waals surface area contributed by atoms with E-state index < -0.39 is 0 Å². The fourth-order valence-corrected chi connectivity index (χ4v) is 6.57. The molecule has 7 rings (SSSR count). The number of H-pyrrole nitrogens is 1. The Bertz CT molecular complexity index is 1910. The Labute approximate surface area is 235 Å². The van der Waals surface area contributed by atoms with Crippen LogP contribution in [0.1, 0.15) is 49.8 Å². The molecule has 5 nitrogen and oxygen atoms in total. The van der Waals surface area contributed by atoms with Crippen molar-refractivity contribution in [2.45, 2.75) is 51.4 Å². The van der Waals surface area contributed by atoms with Gasteiger partial charge >= 0.3 is 0 Å². The van der Waals surface area contributed by atoms with Crippen molar-refractivity contribution in [1.29, 1.82) is 0 Å². The molecule has 0 amide bonds. The third-order valence-electron chi connectivity index (χ3n) is 8.60. The van der Waals surface area contributed by atoms with Gasteiger partial charge in [-0.05, 0) is 62.3 Å². The minimum atomic E-state index is 0.849. The summed E-state index contributed by atoms with van der Waals surface area (Å²) in [5, 5.41) is 9.91. The number of pyridine rings is 2. The second-order valence-corrected chi connectivity index (χ2v) is 11.2. The van der Waals surface area contributed by atoms with Crippen molar-refractivity contribution in [3.8, 4) is 0 Å². The molecule has 0 radical (unpaired) electrons. The van der Waals surface area contributed by atoms with Gasteiger partial charge in [-0.15, -0.1) is 0 Å². The first-order chi connectivity index (χ1) is 19.8. The molecule has 0 aliphatic heterocycles. The van der Waals surface area contributed by atoms with Crippen LogP contribution >= 0.6 is 0 Å². The number of aromatic amines is 1. The average Bonchev–Trinajstić information content (AvgIpc) is 3.39. The van der Waals surface area contributed by atoms with Gasteiger partial charge in [-0.1, -0.05) is 67.4 Å². The maximum atomic E-state index is 5.22. The van der Waals surface area contributed by atoms with Gasteiger partial charge in [0.1, 0.15) is 5.65 Å². The van der Waals surface area contributed by atoms with Crippen LogP contribution in [0.5, 0.6) is 0 Å². The van der Waals surface area contributed by atoms with Gasteiger partial charge in [0, 0.05) is 53.2 Å². The van der Waals surface area contributed by atoms with Gasteiger partial charge in [0.25, 0.3) is 0 Å². The Morgan fingerprint density at radius 1 is 0.825 bits per heavy atom. The Hall–Kier alpha value is -4.12. The van der Waals surface area contributed by atoms with Gasteiger partial charge in [-0.2, -0.15) is 0 Å². The molecule has 1 aliphatic carbocycles. The van der Waals surface area contributed by atoms with E-state index in [4.69, 9.17) is 9.98 Å². The highest BCUT2D eigenvalue weighted by atomic mass is 15.0. The summed E-state index contributed by atoms with van der Waals surface area (Å²) < 4.78 is 2.26. The lowest BCUT2D eigenvalue weighted by Gasteiger charge is -2.21. The van der Waals surface area contributed by atoms with Crippen molar-refractivity contribution in [1.82, 2.24) is 14.5 Å². The number of nitrogens with one attached hydrogen (secondary N) is 2. The molecule has 40 heavy (non-hydrogen) atoms. The lowest BCUT2D eigenvalue weighted by molar-refractivity contribution is 0.655. The lowest BCUT2D eigenvalue weighted by Crippen LogP contribution is -2.12. The quantitative estimate of drug-likeness (QED) is 0.198. The predicted molar refractivity (Wildman–Crippen MR) is 168 cm³/mol. The number of hydrogen-bond donors (Lipinski definition) is 2. The third-order valence-corrected chi connectivity index (χ3v) is 8.60. The maximum absolute atomic E-state index is 5.22. The minimum absolute atomic E-state index is 0.849. The molecule has 0 spiro atoms. The molecule has 202 valence electrons. The number of hydrogen-bond acceptors (Lipinski definition) is 3. The molecule has 0 saturated carbocycles. The van der Waals surface area contributed by atoms with E-state index in [1.54, 1.807) is 0 Å². The van der Waals surface area contributed by atoms with Gasteiger partial charge in [0.05, 0.1) is 21.8 Å². The van der Waals surface area contributed by atoms with Crippen molar-refractivity contribution < 1.29 is 0 Å². The number of fused-ring (bicyclic) bond motifs is 6. The highest BCUT2D eigenvalue weighted by Crippen LogP contribution is 2.33. The highest BCUT2D eigenvalue weighted by molar-refractivity contribution is 6.09. The summed E-state index contributed by atoms with van der Waals surface area (Å²) in [6.45, 7) is 1.86.